The van der Waals surface area contributed by atoms with Gasteiger partial charge < -0.3 is 10.2 Å². The van der Waals surface area contributed by atoms with Crippen molar-refractivity contribution < 1.29 is 9.59 Å². The van der Waals surface area contributed by atoms with Crippen molar-refractivity contribution >= 4 is 17.5 Å². The predicted octanol–water partition coefficient (Wildman–Crippen LogP) is 4.12. The fraction of sp³-hybridized carbons (Fsp3) is 0.333. The number of rotatable bonds is 3. The topological polar surface area (TPSA) is 49.4 Å². The zero-order valence-electron chi connectivity index (χ0n) is 14.8. The Kier molecular flexibility index (Phi) is 5.17. The second-order valence-electron chi connectivity index (χ2n) is 6.90. The van der Waals surface area contributed by atoms with E-state index >= 15 is 0 Å². The van der Waals surface area contributed by atoms with Gasteiger partial charge in [-0.3, -0.25) is 9.59 Å². The number of nitrogens with one attached hydrogen (secondary N) is 1. The van der Waals surface area contributed by atoms with Gasteiger partial charge in [0, 0.05) is 29.9 Å². The summed E-state index contributed by atoms with van der Waals surface area (Å²) in [5.41, 5.74) is 3.05. The normalized spacial score (nSPS) is 17.2. The van der Waals surface area contributed by atoms with Crippen LogP contribution in [0.15, 0.2) is 48.5 Å². The molecule has 1 atom stereocenters. The van der Waals surface area contributed by atoms with Crippen LogP contribution in [0.2, 0.25) is 0 Å². The average molecular weight is 336 g/mol. The third kappa shape index (κ3) is 4.27. The summed E-state index contributed by atoms with van der Waals surface area (Å²) >= 11 is 0. The molecule has 1 fully saturated rings. The van der Waals surface area contributed by atoms with Crippen molar-refractivity contribution in [2.24, 2.45) is 5.92 Å². The Morgan fingerprint density at radius 3 is 2.48 bits per heavy atom. The number of anilines is 1. The van der Waals surface area contributed by atoms with Crippen LogP contribution in [-0.4, -0.2) is 29.8 Å². The number of nitrogens with zero attached hydrogens (tertiary/aromatic N) is 1. The van der Waals surface area contributed by atoms with E-state index in [1.165, 1.54) is 6.42 Å². The number of amides is 2. The number of benzene rings is 2. The number of hydrogen-bond acceptors (Lipinski definition) is 2. The van der Waals surface area contributed by atoms with Crippen molar-refractivity contribution in [3.05, 3.63) is 65.2 Å². The molecule has 1 N–H and O–H groups in total. The van der Waals surface area contributed by atoms with E-state index < -0.39 is 0 Å². The van der Waals surface area contributed by atoms with Gasteiger partial charge in [0.2, 0.25) is 0 Å². The van der Waals surface area contributed by atoms with Crippen LogP contribution in [0, 0.1) is 12.8 Å². The molecule has 0 spiro atoms. The highest BCUT2D eigenvalue weighted by Gasteiger charge is 2.22. The number of piperidine rings is 1. The van der Waals surface area contributed by atoms with E-state index in [9.17, 15) is 9.59 Å². The summed E-state index contributed by atoms with van der Waals surface area (Å²) in [6.45, 7) is 5.79. The number of hydrogen-bond donors (Lipinski definition) is 1. The maximum atomic E-state index is 12.6. The van der Waals surface area contributed by atoms with Crippen LogP contribution in [0.25, 0.3) is 0 Å². The second kappa shape index (κ2) is 7.51. The summed E-state index contributed by atoms with van der Waals surface area (Å²) in [6.07, 6.45) is 2.24. The van der Waals surface area contributed by atoms with Crippen LogP contribution in [0.5, 0.6) is 0 Å². The summed E-state index contributed by atoms with van der Waals surface area (Å²) < 4.78 is 0. The van der Waals surface area contributed by atoms with Gasteiger partial charge in [0.15, 0.2) is 0 Å². The monoisotopic (exact) mass is 336 g/mol. The first-order valence-electron chi connectivity index (χ1n) is 8.80. The van der Waals surface area contributed by atoms with E-state index in [0.717, 1.165) is 30.8 Å². The van der Waals surface area contributed by atoms with Gasteiger partial charge >= 0.3 is 0 Å². The first-order valence-corrected chi connectivity index (χ1v) is 8.80. The van der Waals surface area contributed by atoms with Crippen LogP contribution in [0.1, 0.15) is 46.0 Å². The van der Waals surface area contributed by atoms with E-state index in [-0.39, 0.29) is 11.8 Å². The van der Waals surface area contributed by atoms with Gasteiger partial charge in [-0.2, -0.15) is 0 Å². The molecule has 3 rings (SSSR count). The van der Waals surface area contributed by atoms with Crippen molar-refractivity contribution in [2.75, 3.05) is 18.4 Å². The van der Waals surface area contributed by atoms with E-state index in [1.807, 2.05) is 36.1 Å². The SMILES string of the molecule is Cc1cccc(NC(=O)c2ccc(C(=O)N3CCCC(C)C3)cc2)c1. The molecule has 2 aromatic rings. The van der Waals surface area contributed by atoms with Gasteiger partial charge in [-0.1, -0.05) is 19.1 Å². The van der Waals surface area contributed by atoms with Crippen molar-refractivity contribution in [2.45, 2.75) is 26.7 Å². The Labute approximate surface area is 148 Å². The van der Waals surface area contributed by atoms with Gasteiger partial charge in [0.1, 0.15) is 0 Å². The number of carbonyl (C=O) groups is 2. The van der Waals surface area contributed by atoms with Gasteiger partial charge in [0.05, 0.1) is 0 Å². The summed E-state index contributed by atoms with van der Waals surface area (Å²) in [4.78, 5) is 26.8. The van der Waals surface area contributed by atoms with Gasteiger partial charge in [-0.05, 0) is 67.6 Å². The Morgan fingerprint density at radius 1 is 1.08 bits per heavy atom. The Balaban J connectivity index is 1.67. The third-order valence-electron chi connectivity index (χ3n) is 4.61. The molecule has 4 heteroatoms. The van der Waals surface area contributed by atoms with Gasteiger partial charge in [-0.15, -0.1) is 0 Å². The zero-order chi connectivity index (χ0) is 17.8. The molecular weight excluding hydrogens is 312 g/mol. The quantitative estimate of drug-likeness (QED) is 0.916. The molecular formula is C21H24N2O2. The maximum absolute atomic E-state index is 12.6. The van der Waals surface area contributed by atoms with E-state index in [4.69, 9.17) is 0 Å². The molecule has 1 unspecified atom stereocenters. The zero-order valence-corrected chi connectivity index (χ0v) is 14.8. The largest absolute Gasteiger partial charge is 0.338 e. The summed E-state index contributed by atoms with van der Waals surface area (Å²) in [7, 11) is 0. The van der Waals surface area contributed by atoms with Crippen molar-refractivity contribution in [1.29, 1.82) is 0 Å². The number of likely N-dealkylation sites (tertiary alicyclic amines) is 1. The molecule has 1 saturated heterocycles. The maximum Gasteiger partial charge on any atom is 0.255 e. The highest BCUT2D eigenvalue weighted by atomic mass is 16.2. The molecule has 2 aromatic carbocycles. The molecule has 1 aliphatic heterocycles. The molecule has 0 aliphatic carbocycles. The lowest BCUT2D eigenvalue weighted by molar-refractivity contribution is 0.0682. The average Bonchev–Trinajstić information content (AvgIpc) is 2.61. The summed E-state index contributed by atoms with van der Waals surface area (Å²) in [5, 5.41) is 2.88. The first kappa shape index (κ1) is 17.2. The van der Waals surface area contributed by atoms with E-state index in [2.05, 4.69) is 12.2 Å². The Hall–Kier alpha value is -2.62. The van der Waals surface area contributed by atoms with Gasteiger partial charge in [0.25, 0.3) is 11.8 Å². The number of carbonyl (C=O) groups excluding carboxylic acids is 2. The van der Waals surface area contributed by atoms with Crippen molar-refractivity contribution in [3.8, 4) is 0 Å². The fourth-order valence-corrected chi connectivity index (χ4v) is 3.25. The summed E-state index contributed by atoms with van der Waals surface area (Å²) in [5.74, 6) is 0.436. The summed E-state index contributed by atoms with van der Waals surface area (Å²) in [6, 6.07) is 14.6. The third-order valence-corrected chi connectivity index (χ3v) is 4.61. The van der Waals surface area contributed by atoms with Crippen LogP contribution in [0.3, 0.4) is 0 Å². The molecule has 130 valence electrons. The Morgan fingerprint density at radius 2 is 1.80 bits per heavy atom. The predicted molar refractivity (Wildman–Crippen MR) is 99.9 cm³/mol. The molecule has 4 nitrogen and oxygen atoms in total. The minimum atomic E-state index is -0.170. The molecule has 0 radical (unpaired) electrons. The highest BCUT2D eigenvalue weighted by Crippen LogP contribution is 2.18. The molecule has 1 heterocycles. The lowest BCUT2D eigenvalue weighted by atomic mass is 9.99. The van der Waals surface area contributed by atoms with Crippen LogP contribution >= 0.6 is 0 Å². The molecule has 25 heavy (non-hydrogen) atoms. The van der Waals surface area contributed by atoms with Gasteiger partial charge in [-0.25, -0.2) is 0 Å². The number of aryl methyl sites for hydroxylation is 1. The lowest BCUT2D eigenvalue weighted by Crippen LogP contribution is -2.39. The van der Waals surface area contributed by atoms with Crippen LogP contribution < -0.4 is 5.32 Å². The standard InChI is InChI=1S/C21H24N2O2/c1-15-5-3-7-19(13-15)22-20(24)17-8-10-18(11-9-17)21(25)23-12-4-6-16(2)14-23/h3,5,7-11,13,16H,4,6,12,14H2,1-2H3,(H,22,24). The highest BCUT2D eigenvalue weighted by molar-refractivity contribution is 6.05. The molecule has 0 saturated carbocycles. The van der Waals surface area contributed by atoms with Crippen LogP contribution in [0.4, 0.5) is 5.69 Å². The van der Waals surface area contributed by atoms with Crippen molar-refractivity contribution in [3.63, 3.8) is 0 Å². The van der Waals surface area contributed by atoms with Crippen LogP contribution in [-0.2, 0) is 0 Å². The first-order chi connectivity index (χ1) is 12.0. The second-order valence-corrected chi connectivity index (χ2v) is 6.90. The smallest absolute Gasteiger partial charge is 0.255 e. The Bertz CT molecular complexity index is 768. The minimum Gasteiger partial charge on any atom is -0.338 e. The molecule has 2 amide bonds. The lowest BCUT2D eigenvalue weighted by Gasteiger charge is -2.31. The molecule has 0 bridgehead atoms. The van der Waals surface area contributed by atoms with Crippen molar-refractivity contribution in [1.82, 2.24) is 4.90 Å². The van der Waals surface area contributed by atoms with E-state index in [0.29, 0.717) is 17.0 Å². The molecule has 1 aliphatic rings. The molecule has 0 aromatic heterocycles. The minimum absolute atomic E-state index is 0.0530. The fourth-order valence-electron chi connectivity index (χ4n) is 3.25. The van der Waals surface area contributed by atoms with E-state index in [1.54, 1.807) is 24.3 Å².